The van der Waals surface area contributed by atoms with Gasteiger partial charge in [-0.05, 0) is 6.42 Å². The summed E-state index contributed by atoms with van der Waals surface area (Å²) in [4.78, 5) is 22.5. The zero-order valence-corrected chi connectivity index (χ0v) is 13.8. The largest absolute Gasteiger partial charge is 0.341 e. The minimum absolute atomic E-state index is 0.0162. The Labute approximate surface area is 132 Å². The van der Waals surface area contributed by atoms with Crippen LogP contribution in [0.1, 0.15) is 18.2 Å². The molecule has 1 atom stereocenters. The number of carbonyl (C=O) groups excluding carboxylic acids is 2. The number of imide groups is 1. The van der Waals surface area contributed by atoms with Crippen LogP contribution in [0.3, 0.4) is 0 Å². The fourth-order valence-electron chi connectivity index (χ4n) is 2.16. The zero-order valence-electron chi connectivity index (χ0n) is 12.2. The fraction of sp³-hybridized carbons (Fsp3) is 0.636. The Bertz CT molecular complexity index is 685. The van der Waals surface area contributed by atoms with Crippen LogP contribution < -0.4 is 10.6 Å². The Hall–Kier alpha value is -1.62. The summed E-state index contributed by atoms with van der Waals surface area (Å²) in [6.07, 6.45) is 0.538. The lowest BCUT2D eigenvalue weighted by atomic mass is 10.1. The van der Waals surface area contributed by atoms with Crippen LogP contribution in [-0.4, -0.2) is 59.4 Å². The molecular weight excluding hydrogens is 330 g/mol. The van der Waals surface area contributed by atoms with E-state index in [2.05, 4.69) is 20.8 Å². The van der Waals surface area contributed by atoms with Gasteiger partial charge >= 0.3 is 6.03 Å². The molecule has 1 aromatic heterocycles. The third-order valence-electron chi connectivity index (χ3n) is 3.28. The molecule has 2 rings (SSSR count). The van der Waals surface area contributed by atoms with Gasteiger partial charge in [-0.25, -0.2) is 13.2 Å². The normalized spacial score (nSPS) is 19.8. The van der Waals surface area contributed by atoms with Crippen LogP contribution in [-0.2, 0) is 21.7 Å². The van der Waals surface area contributed by atoms with Gasteiger partial charge in [-0.3, -0.25) is 10.1 Å². The summed E-state index contributed by atoms with van der Waals surface area (Å²) in [6.45, 7) is 0. The number of aromatic nitrogens is 3. The van der Waals surface area contributed by atoms with E-state index >= 15 is 0 Å². The summed E-state index contributed by atoms with van der Waals surface area (Å²) >= 11 is 1.14. The van der Waals surface area contributed by atoms with Crippen LogP contribution in [0.2, 0.25) is 0 Å². The summed E-state index contributed by atoms with van der Waals surface area (Å²) in [7, 11) is 0.163. The summed E-state index contributed by atoms with van der Waals surface area (Å²) < 4.78 is 24.7. The van der Waals surface area contributed by atoms with Gasteiger partial charge in [0.05, 0.1) is 17.3 Å². The highest BCUT2D eigenvalue weighted by Crippen LogP contribution is 2.29. The second kappa shape index (κ2) is 6.65. The van der Waals surface area contributed by atoms with Crippen LogP contribution in [0.25, 0.3) is 0 Å². The van der Waals surface area contributed by atoms with Crippen molar-refractivity contribution in [2.24, 2.45) is 7.05 Å². The summed E-state index contributed by atoms with van der Waals surface area (Å²) in [5.74, 6) is 0.272. The highest BCUT2D eigenvalue weighted by molar-refractivity contribution is 7.99. The third kappa shape index (κ3) is 3.97. The number of nitrogens with one attached hydrogen (secondary N) is 2. The van der Waals surface area contributed by atoms with Crippen molar-refractivity contribution in [1.82, 2.24) is 25.4 Å². The Balaban J connectivity index is 1.97. The lowest BCUT2D eigenvalue weighted by Gasteiger charge is -2.07. The average Bonchev–Trinajstić information content (AvgIpc) is 2.99. The number of rotatable bonds is 4. The molecule has 1 fully saturated rings. The van der Waals surface area contributed by atoms with Gasteiger partial charge in [0.15, 0.2) is 15.0 Å². The van der Waals surface area contributed by atoms with E-state index in [1.807, 2.05) is 0 Å². The zero-order chi connectivity index (χ0) is 16.3. The van der Waals surface area contributed by atoms with Crippen LogP contribution in [0.15, 0.2) is 5.16 Å². The molecular formula is C11H17N5O4S2. The monoisotopic (exact) mass is 347 g/mol. The standard InChI is InChI=1S/C11H17N5O4S2/c1-12-10(18)13-8(17)5-21-11-15-14-9(16(11)2)7-3-4-22(19,20)6-7/h7H,3-6H2,1-2H3,(H2,12,13,17,18). The number of urea groups is 1. The van der Waals surface area contributed by atoms with Gasteiger partial charge in [-0.2, -0.15) is 0 Å². The van der Waals surface area contributed by atoms with Crippen molar-refractivity contribution in [3.63, 3.8) is 0 Å². The summed E-state index contributed by atoms with van der Waals surface area (Å²) in [5.41, 5.74) is 0. The van der Waals surface area contributed by atoms with Crippen LogP contribution in [0, 0.1) is 0 Å². The molecule has 122 valence electrons. The lowest BCUT2D eigenvalue weighted by molar-refractivity contribution is -0.117. The molecule has 0 aromatic carbocycles. The molecule has 0 spiro atoms. The first-order valence-electron chi connectivity index (χ1n) is 6.56. The highest BCUT2D eigenvalue weighted by Gasteiger charge is 2.32. The first-order valence-corrected chi connectivity index (χ1v) is 9.37. The number of carbonyl (C=O) groups is 2. The lowest BCUT2D eigenvalue weighted by Crippen LogP contribution is -2.38. The molecule has 1 aliphatic heterocycles. The van der Waals surface area contributed by atoms with Crippen molar-refractivity contribution in [3.05, 3.63) is 5.82 Å². The van der Waals surface area contributed by atoms with E-state index in [0.717, 1.165) is 11.8 Å². The van der Waals surface area contributed by atoms with E-state index in [1.54, 1.807) is 11.6 Å². The van der Waals surface area contributed by atoms with E-state index in [0.29, 0.717) is 17.4 Å². The van der Waals surface area contributed by atoms with Crippen LogP contribution in [0.5, 0.6) is 0 Å². The first kappa shape index (κ1) is 16.7. The van der Waals surface area contributed by atoms with E-state index in [4.69, 9.17) is 0 Å². The SMILES string of the molecule is CNC(=O)NC(=O)CSc1nnc(C2CCS(=O)(=O)C2)n1C. The topological polar surface area (TPSA) is 123 Å². The number of nitrogens with zero attached hydrogens (tertiary/aromatic N) is 3. The van der Waals surface area contributed by atoms with Gasteiger partial charge in [0, 0.05) is 20.0 Å². The Morgan fingerprint density at radius 3 is 2.73 bits per heavy atom. The molecule has 1 saturated heterocycles. The predicted octanol–water partition coefficient (Wildman–Crippen LogP) is -0.735. The summed E-state index contributed by atoms with van der Waals surface area (Å²) in [6, 6.07) is -0.569. The molecule has 0 radical (unpaired) electrons. The van der Waals surface area contributed by atoms with E-state index in [-0.39, 0.29) is 23.2 Å². The number of hydrogen-bond acceptors (Lipinski definition) is 7. The molecule has 2 N–H and O–H groups in total. The minimum Gasteiger partial charge on any atom is -0.341 e. The molecule has 1 aromatic rings. The van der Waals surface area contributed by atoms with Gasteiger partial charge in [-0.1, -0.05) is 11.8 Å². The minimum atomic E-state index is -2.99. The predicted molar refractivity (Wildman–Crippen MR) is 80.3 cm³/mol. The maximum atomic E-state index is 11.5. The summed E-state index contributed by atoms with van der Waals surface area (Å²) in [5, 5.41) is 13.0. The van der Waals surface area contributed by atoms with Gasteiger partial charge in [0.2, 0.25) is 5.91 Å². The molecule has 9 nitrogen and oxygen atoms in total. The molecule has 0 aliphatic carbocycles. The molecule has 1 unspecified atom stereocenters. The van der Waals surface area contributed by atoms with Crippen molar-refractivity contribution >= 4 is 33.5 Å². The number of hydrogen-bond donors (Lipinski definition) is 2. The molecule has 3 amide bonds. The van der Waals surface area contributed by atoms with Gasteiger partial charge < -0.3 is 9.88 Å². The Morgan fingerprint density at radius 2 is 2.14 bits per heavy atom. The van der Waals surface area contributed by atoms with Crippen molar-refractivity contribution < 1.29 is 18.0 Å². The molecule has 2 heterocycles. The molecule has 11 heteroatoms. The van der Waals surface area contributed by atoms with E-state index in [9.17, 15) is 18.0 Å². The van der Waals surface area contributed by atoms with Crippen LogP contribution >= 0.6 is 11.8 Å². The molecule has 1 aliphatic rings. The fourth-order valence-corrected chi connectivity index (χ4v) is 4.62. The third-order valence-corrected chi connectivity index (χ3v) is 6.07. The number of amides is 3. The van der Waals surface area contributed by atoms with Crippen molar-refractivity contribution in [3.8, 4) is 0 Å². The Morgan fingerprint density at radius 1 is 1.41 bits per heavy atom. The second-order valence-corrected chi connectivity index (χ2v) is 8.09. The second-order valence-electron chi connectivity index (χ2n) is 4.92. The van der Waals surface area contributed by atoms with Crippen molar-refractivity contribution in [1.29, 1.82) is 0 Å². The molecule has 0 saturated carbocycles. The van der Waals surface area contributed by atoms with Crippen LogP contribution in [0.4, 0.5) is 4.79 Å². The average molecular weight is 347 g/mol. The smallest absolute Gasteiger partial charge is 0.321 e. The van der Waals surface area contributed by atoms with Gasteiger partial charge in [-0.15, -0.1) is 10.2 Å². The maximum absolute atomic E-state index is 11.5. The quantitative estimate of drug-likeness (QED) is 0.688. The van der Waals surface area contributed by atoms with E-state index in [1.165, 1.54) is 7.05 Å². The number of sulfone groups is 1. The van der Waals surface area contributed by atoms with Gasteiger partial charge in [0.1, 0.15) is 5.82 Å². The molecule has 0 bridgehead atoms. The van der Waals surface area contributed by atoms with Crippen molar-refractivity contribution in [2.75, 3.05) is 24.3 Å². The Kier molecular flexibility index (Phi) is 5.06. The highest BCUT2D eigenvalue weighted by atomic mass is 32.2. The van der Waals surface area contributed by atoms with Gasteiger partial charge in [0.25, 0.3) is 0 Å². The molecule has 22 heavy (non-hydrogen) atoms. The maximum Gasteiger partial charge on any atom is 0.321 e. The van der Waals surface area contributed by atoms with Crippen molar-refractivity contribution in [2.45, 2.75) is 17.5 Å². The van der Waals surface area contributed by atoms with E-state index < -0.39 is 21.8 Å². The first-order chi connectivity index (χ1) is 10.3. The number of thioether (sulfide) groups is 1.